The number of allylic oxidation sites excluding steroid dienone is 1. The van der Waals surface area contributed by atoms with Crippen LogP contribution in [0, 0.1) is 0 Å². The van der Waals surface area contributed by atoms with E-state index in [1.807, 2.05) is 0 Å². The maximum absolute atomic E-state index is 12.5. The third-order valence-corrected chi connectivity index (χ3v) is 5.34. The van der Waals surface area contributed by atoms with Crippen molar-refractivity contribution in [3.63, 3.8) is 0 Å². The molecule has 2 aliphatic heterocycles. The molecule has 0 aliphatic carbocycles. The van der Waals surface area contributed by atoms with Crippen molar-refractivity contribution in [1.29, 1.82) is 0 Å². The molecule has 0 spiro atoms. The molecule has 0 radical (unpaired) electrons. The fraction of sp³-hybridized carbons (Fsp3) is 0.450. The lowest BCUT2D eigenvalue weighted by molar-refractivity contribution is -0.137. The van der Waals surface area contributed by atoms with Gasteiger partial charge in [0.25, 0.3) is 5.91 Å². The van der Waals surface area contributed by atoms with Crippen LogP contribution in [0.3, 0.4) is 0 Å². The Hall–Kier alpha value is -3.67. The van der Waals surface area contributed by atoms with Gasteiger partial charge < -0.3 is 29.2 Å². The second-order valence-corrected chi connectivity index (χ2v) is 7.20. The minimum atomic E-state index is -0.633. The van der Waals surface area contributed by atoms with Crippen LogP contribution >= 0.6 is 0 Å². The van der Waals surface area contributed by atoms with Gasteiger partial charge in [-0.2, -0.15) is 4.68 Å². The highest BCUT2D eigenvalue weighted by Crippen LogP contribution is 2.38. The summed E-state index contributed by atoms with van der Waals surface area (Å²) in [4.78, 5) is 26.6. The number of anilines is 1. The van der Waals surface area contributed by atoms with Crippen LogP contribution in [0.4, 0.5) is 5.95 Å². The SMILES string of the molecule is COC(=O)C1=C(C)Nc2nnnn2C1c1ccc(OCC(=O)N2CCOCC2)c(OC)c1. The Labute approximate surface area is 184 Å². The Morgan fingerprint density at radius 1 is 1.22 bits per heavy atom. The first-order valence-electron chi connectivity index (χ1n) is 10.0. The highest BCUT2D eigenvalue weighted by molar-refractivity contribution is 5.92. The molecule has 1 unspecified atom stereocenters. The van der Waals surface area contributed by atoms with Crippen LogP contribution in [0.5, 0.6) is 11.5 Å². The summed E-state index contributed by atoms with van der Waals surface area (Å²) in [5.74, 6) is 0.589. The Balaban J connectivity index is 1.60. The summed E-state index contributed by atoms with van der Waals surface area (Å²) < 4.78 is 23.0. The van der Waals surface area contributed by atoms with Gasteiger partial charge in [-0.05, 0) is 35.0 Å². The topological polar surface area (TPSA) is 130 Å². The van der Waals surface area contributed by atoms with Crippen LogP contribution in [-0.2, 0) is 19.1 Å². The lowest BCUT2D eigenvalue weighted by Gasteiger charge is -2.28. The zero-order chi connectivity index (χ0) is 22.7. The van der Waals surface area contributed by atoms with Crippen LogP contribution < -0.4 is 14.8 Å². The van der Waals surface area contributed by atoms with Crippen molar-refractivity contribution < 1.29 is 28.5 Å². The summed E-state index contributed by atoms with van der Waals surface area (Å²) in [6.45, 7) is 3.77. The number of fused-ring (bicyclic) bond motifs is 1. The van der Waals surface area contributed by atoms with Crippen LogP contribution in [-0.4, -0.2) is 84.1 Å². The number of hydrogen-bond donors (Lipinski definition) is 1. The molecule has 1 N–H and O–H groups in total. The second kappa shape index (κ2) is 9.22. The van der Waals surface area contributed by atoms with E-state index >= 15 is 0 Å². The average Bonchev–Trinajstić information content (AvgIpc) is 3.29. The summed E-state index contributed by atoms with van der Waals surface area (Å²) in [5, 5.41) is 14.7. The van der Waals surface area contributed by atoms with Gasteiger partial charge in [0.1, 0.15) is 6.04 Å². The maximum Gasteiger partial charge on any atom is 0.338 e. The lowest BCUT2D eigenvalue weighted by atomic mass is 9.95. The number of morpholine rings is 1. The number of rotatable bonds is 6. The van der Waals surface area contributed by atoms with E-state index in [0.717, 1.165) is 0 Å². The molecule has 170 valence electrons. The van der Waals surface area contributed by atoms with Gasteiger partial charge in [-0.3, -0.25) is 4.79 Å². The molecule has 2 aromatic rings. The van der Waals surface area contributed by atoms with Gasteiger partial charge in [0.2, 0.25) is 5.95 Å². The van der Waals surface area contributed by atoms with Crippen molar-refractivity contribution >= 4 is 17.8 Å². The number of amides is 1. The van der Waals surface area contributed by atoms with Crippen LogP contribution in [0.2, 0.25) is 0 Å². The number of nitrogens with zero attached hydrogens (tertiary/aromatic N) is 5. The van der Waals surface area contributed by atoms with Crippen LogP contribution in [0.15, 0.2) is 29.5 Å². The largest absolute Gasteiger partial charge is 0.493 e. The summed E-state index contributed by atoms with van der Waals surface area (Å²) in [6.07, 6.45) is 0. The van der Waals surface area contributed by atoms with Gasteiger partial charge in [0.15, 0.2) is 18.1 Å². The number of carbonyl (C=O) groups excluding carboxylic acids is 2. The van der Waals surface area contributed by atoms with E-state index in [1.54, 1.807) is 30.0 Å². The smallest absolute Gasteiger partial charge is 0.338 e. The van der Waals surface area contributed by atoms with Crippen molar-refractivity contribution in [3.8, 4) is 11.5 Å². The molecular formula is C20H24N6O6. The van der Waals surface area contributed by atoms with Gasteiger partial charge in [-0.25, -0.2) is 4.79 Å². The molecule has 4 rings (SSSR count). The fourth-order valence-electron chi connectivity index (χ4n) is 3.71. The second-order valence-electron chi connectivity index (χ2n) is 7.20. The standard InChI is InChI=1S/C20H24N6O6/c1-12-17(19(28)30-3)18(26-20(21-12)22-23-24-26)13-4-5-14(15(10-13)29-2)32-11-16(27)25-6-8-31-9-7-25/h4-5,10,18H,6-9,11H2,1-3H3,(H,21,22,24). The molecule has 1 fully saturated rings. The molecule has 12 nitrogen and oxygen atoms in total. The average molecular weight is 444 g/mol. The molecule has 1 atom stereocenters. The van der Waals surface area contributed by atoms with Gasteiger partial charge in [-0.1, -0.05) is 11.2 Å². The number of methoxy groups -OCH3 is 2. The molecule has 0 saturated carbocycles. The summed E-state index contributed by atoms with van der Waals surface area (Å²) in [7, 11) is 2.82. The molecule has 1 amide bonds. The van der Waals surface area contributed by atoms with E-state index in [0.29, 0.717) is 60.6 Å². The Morgan fingerprint density at radius 3 is 2.72 bits per heavy atom. The predicted octanol–water partition coefficient (Wildman–Crippen LogP) is 0.381. The monoisotopic (exact) mass is 444 g/mol. The Kier molecular flexibility index (Phi) is 6.21. The molecule has 2 aliphatic rings. The first kappa shape index (κ1) is 21.6. The quantitative estimate of drug-likeness (QED) is 0.624. The Bertz CT molecular complexity index is 1040. The van der Waals surface area contributed by atoms with Gasteiger partial charge in [0, 0.05) is 18.8 Å². The van der Waals surface area contributed by atoms with Gasteiger partial charge in [-0.15, -0.1) is 0 Å². The van der Waals surface area contributed by atoms with Gasteiger partial charge >= 0.3 is 5.97 Å². The fourth-order valence-corrected chi connectivity index (χ4v) is 3.71. The highest BCUT2D eigenvalue weighted by Gasteiger charge is 2.35. The minimum Gasteiger partial charge on any atom is -0.493 e. The molecule has 32 heavy (non-hydrogen) atoms. The van der Waals surface area contributed by atoms with Crippen molar-refractivity contribution in [2.24, 2.45) is 0 Å². The summed E-state index contributed by atoms with van der Waals surface area (Å²) in [6, 6.07) is 4.56. The van der Waals surface area contributed by atoms with E-state index in [2.05, 4.69) is 20.8 Å². The molecule has 12 heteroatoms. The van der Waals surface area contributed by atoms with E-state index in [4.69, 9.17) is 18.9 Å². The number of aromatic nitrogens is 4. The van der Waals surface area contributed by atoms with Gasteiger partial charge in [0.05, 0.1) is 33.0 Å². The third-order valence-electron chi connectivity index (χ3n) is 5.34. The van der Waals surface area contributed by atoms with Crippen LogP contribution in [0.25, 0.3) is 0 Å². The van der Waals surface area contributed by atoms with Crippen LogP contribution in [0.1, 0.15) is 18.5 Å². The summed E-state index contributed by atoms with van der Waals surface area (Å²) >= 11 is 0. The number of carbonyl (C=O) groups is 2. The molecular weight excluding hydrogens is 420 g/mol. The predicted molar refractivity (Wildman–Crippen MR) is 110 cm³/mol. The number of nitrogens with one attached hydrogen (secondary N) is 1. The van der Waals surface area contributed by atoms with Crippen molar-refractivity contribution in [2.75, 3.05) is 52.4 Å². The highest BCUT2D eigenvalue weighted by atomic mass is 16.5. The number of tetrazole rings is 1. The van der Waals surface area contributed by atoms with Crippen molar-refractivity contribution in [3.05, 3.63) is 35.0 Å². The number of hydrogen-bond acceptors (Lipinski definition) is 10. The van der Waals surface area contributed by atoms with Crippen molar-refractivity contribution in [1.82, 2.24) is 25.1 Å². The van der Waals surface area contributed by atoms with E-state index in [9.17, 15) is 9.59 Å². The molecule has 0 bridgehead atoms. The Morgan fingerprint density at radius 2 is 2.00 bits per heavy atom. The normalized spacial score (nSPS) is 18.0. The van der Waals surface area contributed by atoms with E-state index in [1.165, 1.54) is 18.9 Å². The first-order chi connectivity index (χ1) is 15.5. The maximum atomic E-state index is 12.5. The molecule has 1 aromatic heterocycles. The molecule has 3 heterocycles. The third kappa shape index (κ3) is 4.08. The van der Waals surface area contributed by atoms with Crippen molar-refractivity contribution in [2.45, 2.75) is 13.0 Å². The lowest BCUT2D eigenvalue weighted by Crippen LogP contribution is -2.43. The number of benzene rings is 1. The molecule has 1 saturated heterocycles. The minimum absolute atomic E-state index is 0.118. The molecule has 1 aromatic carbocycles. The summed E-state index contributed by atoms with van der Waals surface area (Å²) in [5.41, 5.74) is 1.63. The van der Waals surface area contributed by atoms with E-state index < -0.39 is 12.0 Å². The van der Waals surface area contributed by atoms with E-state index in [-0.39, 0.29) is 12.5 Å². The number of esters is 1. The number of ether oxygens (including phenoxy) is 4. The zero-order valence-corrected chi connectivity index (χ0v) is 18.0. The zero-order valence-electron chi connectivity index (χ0n) is 18.0. The first-order valence-corrected chi connectivity index (χ1v) is 10.0.